The molecule has 1 aromatic rings. The summed E-state index contributed by atoms with van der Waals surface area (Å²) in [7, 11) is 0. The van der Waals surface area contributed by atoms with E-state index in [0.29, 0.717) is 12.1 Å². The van der Waals surface area contributed by atoms with E-state index in [-0.39, 0.29) is 5.91 Å². The molecule has 0 aromatic heterocycles. The van der Waals surface area contributed by atoms with Gasteiger partial charge in [0.05, 0.1) is 0 Å². The number of carbonyl (C=O) groups excluding carboxylic acids is 1. The van der Waals surface area contributed by atoms with E-state index in [2.05, 4.69) is 0 Å². The van der Waals surface area contributed by atoms with E-state index in [0.717, 1.165) is 4.46 Å². The third-order valence-corrected chi connectivity index (χ3v) is 5.29. The number of rotatable bonds is 1. The topological polar surface area (TPSA) is 37.4 Å². The van der Waals surface area contributed by atoms with Crippen molar-refractivity contribution in [3.8, 4) is 0 Å². The third-order valence-electron chi connectivity index (χ3n) is 2.02. The first-order valence-electron chi connectivity index (χ1n) is 4.08. The van der Waals surface area contributed by atoms with E-state index in [9.17, 15) is 8.63 Å². The van der Waals surface area contributed by atoms with Crippen LogP contribution < -0.4 is 4.46 Å². The van der Waals surface area contributed by atoms with E-state index in [4.69, 9.17) is 0 Å². The van der Waals surface area contributed by atoms with E-state index in [1.54, 1.807) is 18.2 Å². The van der Waals surface area contributed by atoms with E-state index < -0.39 is 14.1 Å². The van der Waals surface area contributed by atoms with Gasteiger partial charge in [-0.15, -0.1) is 0 Å². The molecule has 0 aliphatic carbocycles. The van der Waals surface area contributed by atoms with Gasteiger partial charge in [0.1, 0.15) is 0 Å². The van der Waals surface area contributed by atoms with Crippen molar-refractivity contribution in [2.75, 3.05) is 6.54 Å². The first-order valence-corrected chi connectivity index (χ1v) is 6.40. The van der Waals surface area contributed by atoms with Crippen LogP contribution in [-0.2, 0) is 3.83 Å². The van der Waals surface area contributed by atoms with Gasteiger partial charge in [-0.1, -0.05) is 0 Å². The van der Waals surface area contributed by atoms with Crippen molar-refractivity contribution in [3.63, 3.8) is 0 Å². The van der Waals surface area contributed by atoms with Crippen molar-refractivity contribution in [3.05, 3.63) is 29.8 Å². The van der Waals surface area contributed by atoms with Crippen LogP contribution in [0.25, 0.3) is 0 Å². The summed E-state index contributed by atoms with van der Waals surface area (Å²) in [5, 5.41) is 0. The average molecular weight is 242 g/mol. The molecule has 1 amide bonds. The van der Waals surface area contributed by atoms with Gasteiger partial charge in [0, 0.05) is 0 Å². The molecule has 4 heteroatoms. The SMILES string of the molecule is CCN1C(=O)c2ccccc2[Se]1=O. The van der Waals surface area contributed by atoms with Crippen molar-refractivity contribution in [1.29, 1.82) is 0 Å². The second-order valence-electron chi connectivity index (χ2n) is 2.75. The molecule has 1 unspecified atom stereocenters. The van der Waals surface area contributed by atoms with Gasteiger partial charge >= 0.3 is 80.3 Å². The van der Waals surface area contributed by atoms with Crippen LogP contribution in [0.3, 0.4) is 0 Å². The summed E-state index contributed by atoms with van der Waals surface area (Å²) in [6.45, 7) is 2.37. The number of nitrogens with zero attached hydrogens (tertiary/aromatic N) is 1. The number of carbonyl (C=O) groups is 1. The molecule has 1 aliphatic heterocycles. The quantitative estimate of drug-likeness (QED) is 0.664. The normalized spacial score (nSPS) is 20.5. The van der Waals surface area contributed by atoms with Gasteiger partial charge in [-0.05, 0) is 0 Å². The Morgan fingerprint density at radius 3 is 2.69 bits per heavy atom. The Morgan fingerprint density at radius 2 is 2.08 bits per heavy atom. The fraction of sp³-hybridized carbons (Fsp3) is 0.222. The standard InChI is InChI=1S/C9H9NO2Se/c1-2-10-9(11)7-5-3-4-6-8(7)13(10)12/h3-6H,2H2,1H3. The van der Waals surface area contributed by atoms with Gasteiger partial charge in [-0.25, -0.2) is 0 Å². The molecule has 0 fully saturated rings. The van der Waals surface area contributed by atoms with Crippen molar-refractivity contribution in [2.45, 2.75) is 6.92 Å². The monoisotopic (exact) mass is 243 g/mol. The number of benzene rings is 1. The summed E-state index contributed by atoms with van der Waals surface area (Å²) < 4.78 is 13.9. The number of hydrogen-bond acceptors (Lipinski definition) is 2. The Bertz CT molecular complexity index is 354. The van der Waals surface area contributed by atoms with Crippen LogP contribution >= 0.6 is 0 Å². The molecular formula is C9H9NO2Se. The van der Waals surface area contributed by atoms with Crippen LogP contribution in [0.2, 0.25) is 0 Å². The molecule has 0 spiro atoms. The Labute approximate surface area is 80.6 Å². The van der Waals surface area contributed by atoms with Crippen molar-refractivity contribution >= 4 is 24.4 Å². The van der Waals surface area contributed by atoms with Gasteiger partial charge in [-0.3, -0.25) is 0 Å². The van der Waals surface area contributed by atoms with Crippen LogP contribution in [0.4, 0.5) is 0 Å². The zero-order chi connectivity index (χ0) is 9.42. The molecule has 0 bridgehead atoms. The first kappa shape index (κ1) is 8.60. The molecule has 3 nitrogen and oxygen atoms in total. The zero-order valence-electron chi connectivity index (χ0n) is 7.19. The summed E-state index contributed by atoms with van der Waals surface area (Å²) in [5.74, 6) is -0.0851. The molecule has 1 aromatic carbocycles. The van der Waals surface area contributed by atoms with E-state index in [1.165, 1.54) is 3.92 Å². The molecule has 0 saturated heterocycles. The van der Waals surface area contributed by atoms with Crippen LogP contribution in [0.15, 0.2) is 24.3 Å². The van der Waals surface area contributed by atoms with E-state index in [1.807, 2.05) is 13.0 Å². The minimum atomic E-state index is -2.25. The molecule has 1 aliphatic rings. The van der Waals surface area contributed by atoms with Crippen LogP contribution in [-0.4, -0.2) is 30.4 Å². The minimum absolute atomic E-state index is 0.0851. The molecule has 1 heterocycles. The maximum atomic E-state index is 11.8. The summed E-state index contributed by atoms with van der Waals surface area (Å²) in [5.41, 5.74) is 0.615. The van der Waals surface area contributed by atoms with Gasteiger partial charge in [0.15, 0.2) is 0 Å². The second kappa shape index (κ2) is 3.05. The fourth-order valence-electron chi connectivity index (χ4n) is 1.38. The van der Waals surface area contributed by atoms with Crippen LogP contribution in [0.1, 0.15) is 17.3 Å². The van der Waals surface area contributed by atoms with Crippen molar-refractivity contribution in [2.24, 2.45) is 0 Å². The fourth-order valence-corrected chi connectivity index (χ4v) is 4.03. The summed E-state index contributed by atoms with van der Waals surface area (Å²) >= 11 is -2.25. The van der Waals surface area contributed by atoms with Crippen LogP contribution in [0.5, 0.6) is 0 Å². The van der Waals surface area contributed by atoms with Crippen molar-refractivity contribution < 1.29 is 8.63 Å². The van der Waals surface area contributed by atoms with E-state index >= 15 is 0 Å². The number of fused-ring (bicyclic) bond motifs is 1. The molecule has 13 heavy (non-hydrogen) atoms. The number of hydrogen-bond donors (Lipinski definition) is 0. The Hall–Kier alpha value is -0.991. The molecule has 68 valence electrons. The number of amides is 1. The Balaban J connectivity index is 2.57. The molecule has 0 N–H and O–H groups in total. The zero-order valence-corrected chi connectivity index (χ0v) is 8.90. The molecule has 0 radical (unpaired) electrons. The average Bonchev–Trinajstić information content (AvgIpc) is 2.41. The van der Waals surface area contributed by atoms with Gasteiger partial charge < -0.3 is 0 Å². The summed E-state index contributed by atoms with van der Waals surface area (Å²) in [6, 6.07) is 7.14. The summed E-state index contributed by atoms with van der Waals surface area (Å²) in [4.78, 5) is 11.6. The summed E-state index contributed by atoms with van der Waals surface area (Å²) in [6.07, 6.45) is 0. The molecule has 1 atom stereocenters. The van der Waals surface area contributed by atoms with Crippen LogP contribution in [0, 0.1) is 0 Å². The molecule has 0 saturated carbocycles. The Morgan fingerprint density at radius 1 is 1.38 bits per heavy atom. The molecular weight excluding hydrogens is 233 g/mol. The van der Waals surface area contributed by atoms with Gasteiger partial charge in [-0.2, -0.15) is 0 Å². The van der Waals surface area contributed by atoms with Gasteiger partial charge in [0.25, 0.3) is 0 Å². The second-order valence-corrected chi connectivity index (χ2v) is 5.64. The van der Waals surface area contributed by atoms with Crippen molar-refractivity contribution in [1.82, 2.24) is 3.92 Å². The Kier molecular flexibility index (Phi) is 2.02. The van der Waals surface area contributed by atoms with Gasteiger partial charge in [0.2, 0.25) is 0 Å². The predicted molar refractivity (Wildman–Crippen MR) is 49.2 cm³/mol. The first-order chi connectivity index (χ1) is 6.25. The maximum absolute atomic E-state index is 11.8. The third kappa shape index (κ3) is 1.14. The molecule has 2 rings (SSSR count). The predicted octanol–water partition coefficient (Wildman–Crippen LogP) is 0.288.